The molecule has 0 saturated heterocycles. The molecule has 0 aliphatic heterocycles. The number of nitrogens with zero attached hydrogens (tertiary/aromatic N) is 4. The lowest BCUT2D eigenvalue weighted by Crippen LogP contribution is -2.17. The molecule has 0 fully saturated rings. The van der Waals surface area contributed by atoms with E-state index < -0.39 is 0 Å². The summed E-state index contributed by atoms with van der Waals surface area (Å²) in [6.07, 6.45) is 3.35. The van der Waals surface area contributed by atoms with Crippen LogP contribution in [0.2, 0.25) is 0 Å². The molecule has 4 rings (SSSR count). The van der Waals surface area contributed by atoms with Crippen molar-refractivity contribution in [2.24, 2.45) is 0 Å². The maximum atomic E-state index is 13.0. The van der Waals surface area contributed by atoms with Gasteiger partial charge in [-0.3, -0.25) is 9.78 Å². The Morgan fingerprint density at radius 3 is 2.52 bits per heavy atom. The second-order valence-corrected chi connectivity index (χ2v) is 6.29. The monoisotopic (exact) mass is 385 g/mol. The molecule has 0 saturated carbocycles. The quantitative estimate of drug-likeness (QED) is 0.546. The van der Waals surface area contributed by atoms with E-state index in [1.165, 1.54) is 4.68 Å². The van der Waals surface area contributed by atoms with Crippen LogP contribution in [0.3, 0.4) is 0 Å². The van der Waals surface area contributed by atoms with E-state index in [9.17, 15) is 4.79 Å². The summed E-state index contributed by atoms with van der Waals surface area (Å²) in [5, 5.41) is 7.65. The molecule has 0 spiro atoms. The summed E-state index contributed by atoms with van der Waals surface area (Å²) < 4.78 is 6.48. The van der Waals surface area contributed by atoms with E-state index in [-0.39, 0.29) is 5.91 Å². The van der Waals surface area contributed by atoms with Gasteiger partial charge >= 0.3 is 0 Å². The van der Waals surface area contributed by atoms with E-state index in [0.717, 1.165) is 16.9 Å². The highest BCUT2D eigenvalue weighted by molar-refractivity contribution is 5.97. The van der Waals surface area contributed by atoms with Crippen LogP contribution < -0.4 is 10.1 Å². The number of nitrogens with one attached hydrogen (secondary N) is 1. The Morgan fingerprint density at radius 1 is 1.03 bits per heavy atom. The van der Waals surface area contributed by atoms with Crippen molar-refractivity contribution in [2.75, 3.05) is 12.4 Å². The normalized spacial score (nSPS) is 10.5. The van der Waals surface area contributed by atoms with Crippen molar-refractivity contribution in [1.82, 2.24) is 19.7 Å². The first-order chi connectivity index (χ1) is 14.2. The minimum Gasteiger partial charge on any atom is -0.497 e. The van der Waals surface area contributed by atoms with Crippen molar-refractivity contribution in [3.8, 4) is 17.1 Å². The molecule has 7 heteroatoms. The van der Waals surface area contributed by atoms with Gasteiger partial charge in [0.05, 0.1) is 7.11 Å². The Kier molecular flexibility index (Phi) is 5.29. The Bertz CT molecular complexity index is 1090. The number of pyridine rings is 1. The van der Waals surface area contributed by atoms with Crippen LogP contribution in [0.1, 0.15) is 15.9 Å². The first-order valence-corrected chi connectivity index (χ1v) is 9.08. The number of ether oxygens (including phenoxy) is 1. The largest absolute Gasteiger partial charge is 0.497 e. The fourth-order valence-corrected chi connectivity index (χ4v) is 2.81. The zero-order valence-corrected chi connectivity index (χ0v) is 15.8. The highest BCUT2D eigenvalue weighted by Gasteiger charge is 2.18. The Hall–Kier alpha value is -4.00. The third kappa shape index (κ3) is 4.14. The zero-order chi connectivity index (χ0) is 20.1. The minimum atomic E-state index is -0.259. The average molecular weight is 385 g/mol. The number of hydrogen-bond donors (Lipinski definition) is 1. The molecule has 0 unspecified atom stereocenters. The van der Waals surface area contributed by atoms with Gasteiger partial charge in [-0.2, -0.15) is 9.67 Å². The van der Waals surface area contributed by atoms with Gasteiger partial charge in [0, 0.05) is 30.1 Å². The van der Waals surface area contributed by atoms with Crippen LogP contribution in [-0.2, 0) is 6.54 Å². The third-order valence-corrected chi connectivity index (χ3v) is 4.35. The standard InChI is InChI=1S/C22H19N5O2/c1-29-19-11-9-16(10-12-19)14-24-22-25-20(18-8-5-13-23-15-18)26-27(22)21(28)17-6-3-2-4-7-17/h2-13,15H,14H2,1H3,(H,24,25,26). The lowest BCUT2D eigenvalue weighted by Gasteiger charge is -2.08. The summed E-state index contributed by atoms with van der Waals surface area (Å²) in [6.45, 7) is 0.483. The van der Waals surface area contributed by atoms with Crippen LogP contribution in [0.5, 0.6) is 5.75 Å². The lowest BCUT2D eigenvalue weighted by atomic mass is 10.2. The molecule has 0 radical (unpaired) electrons. The first kappa shape index (κ1) is 18.4. The number of carbonyl (C=O) groups is 1. The van der Waals surface area contributed by atoms with Crippen LogP contribution in [0.15, 0.2) is 79.1 Å². The summed E-state index contributed by atoms with van der Waals surface area (Å²) in [5.74, 6) is 1.33. The predicted octanol–water partition coefficient (Wildman–Crippen LogP) is 3.65. The molecular weight excluding hydrogens is 366 g/mol. The summed E-state index contributed by atoms with van der Waals surface area (Å²) in [7, 11) is 1.63. The first-order valence-electron chi connectivity index (χ1n) is 9.08. The Morgan fingerprint density at radius 2 is 1.83 bits per heavy atom. The van der Waals surface area contributed by atoms with Crippen LogP contribution >= 0.6 is 0 Å². The van der Waals surface area contributed by atoms with Crippen LogP contribution in [0.25, 0.3) is 11.4 Å². The van der Waals surface area contributed by atoms with Crippen molar-refractivity contribution >= 4 is 11.9 Å². The van der Waals surface area contributed by atoms with Gasteiger partial charge in [0.25, 0.3) is 5.91 Å². The Balaban J connectivity index is 1.65. The Labute approximate surface area is 168 Å². The number of anilines is 1. The average Bonchev–Trinajstić information content (AvgIpc) is 3.23. The molecule has 7 nitrogen and oxygen atoms in total. The number of carbonyl (C=O) groups excluding carboxylic acids is 1. The lowest BCUT2D eigenvalue weighted by molar-refractivity contribution is 0.0947. The van der Waals surface area contributed by atoms with E-state index in [0.29, 0.717) is 23.9 Å². The maximum absolute atomic E-state index is 13.0. The van der Waals surface area contributed by atoms with Gasteiger partial charge in [0.1, 0.15) is 5.75 Å². The molecule has 2 aromatic carbocycles. The van der Waals surface area contributed by atoms with Gasteiger partial charge in [-0.15, -0.1) is 5.10 Å². The topological polar surface area (TPSA) is 81.9 Å². The summed E-state index contributed by atoms with van der Waals surface area (Å²) in [4.78, 5) is 21.6. The fourth-order valence-electron chi connectivity index (χ4n) is 2.81. The van der Waals surface area contributed by atoms with E-state index in [1.807, 2.05) is 48.5 Å². The van der Waals surface area contributed by atoms with Crippen molar-refractivity contribution in [3.63, 3.8) is 0 Å². The fraction of sp³-hybridized carbons (Fsp3) is 0.0909. The molecule has 0 bridgehead atoms. The van der Waals surface area contributed by atoms with Crippen LogP contribution in [-0.4, -0.2) is 32.8 Å². The second kappa shape index (κ2) is 8.35. The predicted molar refractivity (Wildman–Crippen MR) is 110 cm³/mol. The van der Waals surface area contributed by atoms with E-state index in [1.54, 1.807) is 37.7 Å². The van der Waals surface area contributed by atoms with Crippen molar-refractivity contribution in [2.45, 2.75) is 6.54 Å². The third-order valence-electron chi connectivity index (χ3n) is 4.35. The summed E-state index contributed by atoms with van der Waals surface area (Å²) >= 11 is 0. The van der Waals surface area contributed by atoms with Crippen molar-refractivity contribution in [1.29, 1.82) is 0 Å². The highest BCUT2D eigenvalue weighted by Crippen LogP contribution is 2.19. The number of methoxy groups -OCH3 is 1. The highest BCUT2D eigenvalue weighted by atomic mass is 16.5. The molecule has 0 aliphatic rings. The van der Waals surface area contributed by atoms with Gasteiger partial charge in [-0.1, -0.05) is 30.3 Å². The van der Waals surface area contributed by atoms with E-state index >= 15 is 0 Å². The number of rotatable bonds is 6. The minimum absolute atomic E-state index is 0.259. The molecule has 29 heavy (non-hydrogen) atoms. The number of aromatic nitrogens is 4. The maximum Gasteiger partial charge on any atom is 0.281 e. The molecule has 0 amide bonds. The van der Waals surface area contributed by atoms with Gasteiger partial charge in [0.15, 0.2) is 5.82 Å². The zero-order valence-electron chi connectivity index (χ0n) is 15.8. The molecular formula is C22H19N5O2. The number of benzene rings is 2. The number of hydrogen-bond acceptors (Lipinski definition) is 6. The molecule has 144 valence electrons. The van der Waals surface area contributed by atoms with Crippen molar-refractivity contribution in [3.05, 3.63) is 90.3 Å². The second-order valence-electron chi connectivity index (χ2n) is 6.29. The summed E-state index contributed by atoms with van der Waals surface area (Å²) in [6, 6.07) is 20.3. The molecule has 1 N–H and O–H groups in total. The van der Waals surface area contributed by atoms with Crippen LogP contribution in [0.4, 0.5) is 5.95 Å². The van der Waals surface area contributed by atoms with Gasteiger partial charge in [0.2, 0.25) is 5.95 Å². The molecule has 0 atom stereocenters. The van der Waals surface area contributed by atoms with Crippen molar-refractivity contribution < 1.29 is 9.53 Å². The smallest absolute Gasteiger partial charge is 0.281 e. The molecule has 2 heterocycles. The van der Waals surface area contributed by atoms with E-state index in [4.69, 9.17) is 4.74 Å². The summed E-state index contributed by atoms with van der Waals surface area (Å²) in [5.41, 5.74) is 2.29. The SMILES string of the molecule is COc1ccc(CNc2nc(-c3cccnc3)nn2C(=O)c2ccccc2)cc1. The van der Waals surface area contributed by atoms with E-state index in [2.05, 4.69) is 20.4 Å². The molecule has 4 aromatic rings. The molecule has 0 aliphatic carbocycles. The van der Waals surface area contributed by atoms with Crippen LogP contribution in [0, 0.1) is 0 Å². The van der Waals surface area contributed by atoms with Gasteiger partial charge in [-0.05, 0) is 42.0 Å². The van der Waals surface area contributed by atoms with Gasteiger partial charge in [-0.25, -0.2) is 0 Å². The molecule has 2 aromatic heterocycles. The van der Waals surface area contributed by atoms with Gasteiger partial charge < -0.3 is 10.1 Å².